The van der Waals surface area contributed by atoms with E-state index >= 15 is 0 Å². The minimum atomic E-state index is -0.749. The standard InChI is InChI=1S/C18H21NO3/c1-12-4-9-16(13(2)10-12)18(21)19-11-17(20)14-5-7-15(22-3)8-6-14/h4-10,17,20H,11H2,1-3H3,(H,19,21)/t17-/m1/s1. The fourth-order valence-corrected chi connectivity index (χ4v) is 2.30. The van der Waals surface area contributed by atoms with Crippen molar-refractivity contribution in [3.8, 4) is 5.75 Å². The van der Waals surface area contributed by atoms with Gasteiger partial charge in [0.2, 0.25) is 0 Å². The molecule has 0 saturated carbocycles. The summed E-state index contributed by atoms with van der Waals surface area (Å²) >= 11 is 0. The summed E-state index contributed by atoms with van der Waals surface area (Å²) in [5.74, 6) is 0.556. The Kier molecular flexibility index (Phi) is 5.17. The number of benzene rings is 2. The van der Waals surface area contributed by atoms with Crippen molar-refractivity contribution in [2.45, 2.75) is 20.0 Å². The summed E-state index contributed by atoms with van der Waals surface area (Å²) in [7, 11) is 1.59. The molecule has 2 N–H and O–H groups in total. The SMILES string of the molecule is COc1ccc([C@H](O)CNC(=O)c2ccc(C)cc2C)cc1. The number of hydrogen-bond acceptors (Lipinski definition) is 3. The molecule has 0 heterocycles. The lowest BCUT2D eigenvalue weighted by Gasteiger charge is -2.14. The largest absolute Gasteiger partial charge is 0.497 e. The van der Waals surface area contributed by atoms with Crippen LogP contribution < -0.4 is 10.1 Å². The highest BCUT2D eigenvalue weighted by molar-refractivity contribution is 5.95. The molecule has 116 valence electrons. The number of aryl methyl sites for hydroxylation is 2. The Hall–Kier alpha value is -2.33. The van der Waals surface area contributed by atoms with Crippen molar-refractivity contribution in [3.05, 3.63) is 64.7 Å². The van der Waals surface area contributed by atoms with Crippen LogP contribution in [0.15, 0.2) is 42.5 Å². The van der Waals surface area contributed by atoms with Gasteiger partial charge >= 0.3 is 0 Å². The van der Waals surface area contributed by atoms with E-state index in [2.05, 4.69) is 5.32 Å². The number of ether oxygens (including phenoxy) is 1. The van der Waals surface area contributed by atoms with E-state index in [1.165, 1.54) is 0 Å². The predicted molar refractivity (Wildman–Crippen MR) is 86.2 cm³/mol. The number of carbonyl (C=O) groups is 1. The van der Waals surface area contributed by atoms with Crippen molar-refractivity contribution in [1.82, 2.24) is 5.32 Å². The highest BCUT2D eigenvalue weighted by Crippen LogP contribution is 2.17. The van der Waals surface area contributed by atoms with Crippen LogP contribution in [0.3, 0.4) is 0 Å². The second-order valence-electron chi connectivity index (χ2n) is 5.32. The van der Waals surface area contributed by atoms with E-state index in [4.69, 9.17) is 4.74 Å². The number of hydrogen-bond donors (Lipinski definition) is 2. The summed E-state index contributed by atoms with van der Waals surface area (Å²) in [6, 6.07) is 12.8. The first-order chi connectivity index (χ1) is 10.5. The van der Waals surface area contributed by atoms with Gasteiger partial charge in [-0.25, -0.2) is 0 Å². The molecule has 2 aromatic rings. The molecular formula is C18H21NO3. The van der Waals surface area contributed by atoms with Gasteiger partial charge in [0.1, 0.15) is 5.75 Å². The summed E-state index contributed by atoms with van der Waals surface area (Å²) in [6.07, 6.45) is -0.749. The van der Waals surface area contributed by atoms with E-state index < -0.39 is 6.10 Å². The molecule has 1 amide bonds. The lowest BCUT2D eigenvalue weighted by atomic mass is 10.0. The van der Waals surface area contributed by atoms with Gasteiger partial charge in [-0.1, -0.05) is 29.8 Å². The Morgan fingerprint density at radius 3 is 2.45 bits per heavy atom. The molecule has 0 radical (unpaired) electrons. The van der Waals surface area contributed by atoms with E-state index in [1.807, 2.05) is 26.0 Å². The van der Waals surface area contributed by atoms with Crippen LogP contribution in [0, 0.1) is 13.8 Å². The van der Waals surface area contributed by atoms with Crippen molar-refractivity contribution in [3.63, 3.8) is 0 Å². The molecule has 0 spiro atoms. The van der Waals surface area contributed by atoms with Gasteiger partial charge in [-0.2, -0.15) is 0 Å². The van der Waals surface area contributed by atoms with Gasteiger partial charge in [0, 0.05) is 12.1 Å². The van der Waals surface area contributed by atoms with E-state index in [0.717, 1.165) is 22.4 Å². The number of aliphatic hydroxyl groups is 1. The third kappa shape index (κ3) is 3.86. The number of nitrogens with one attached hydrogen (secondary N) is 1. The zero-order valence-electron chi connectivity index (χ0n) is 13.1. The third-order valence-corrected chi connectivity index (χ3v) is 3.58. The van der Waals surface area contributed by atoms with Crippen LogP contribution in [-0.2, 0) is 0 Å². The van der Waals surface area contributed by atoms with Gasteiger partial charge in [0.05, 0.1) is 13.2 Å². The second-order valence-corrected chi connectivity index (χ2v) is 5.32. The van der Waals surface area contributed by atoms with Gasteiger partial charge in [0.15, 0.2) is 0 Å². The summed E-state index contributed by atoms with van der Waals surface area (Å²) in [5.41, 5.74) is 3.41. The minimum Gasteiger partial charge on any atom is -0.497 e. The highest BCUT2D eigenvalue weighted by Gasteiger charge is 2.12. The van der Waals surface area contributed by atoms with Gasteiger partial charge in [-0.3, -0.25) is 4.79 Å². The number of carbonyl (C=O) groups excluding carboxylic acids is 1. The van der Waals surface area contributed by atoms with Crippen molar-refractivity contribution >= 4 is 5.91 Å². The van der Waals surface area contributed by atoms with E-state index in [1.54, 1.807) is 37.4 Å². The normalized spacial score (nSPS) is 11.8. The fourth-order valence-electron chi connectivity index (χ4n) is 2.30. The van der Waals surface area contributed by atoms with Crippen LogP contribution in [0.5, 0.6) is 5.75 Å². The summed E-state index contributed by atoms with van der Waals surface area (Å²) in [4.78, 5) is 12.2. The average Bonchev–Trinajstić information content (AvgIpc) is 2.52. The minimum absolute atomic E-state index is 0.165. The van der Waals surface area contributed by atoms with Gasteiger partial charge in [-0.05, 0) is 43.2 Å². The predicted octanol–water partition coefficient (Wildman–Crippen LogP) is 2.78. The topological polar surface area (TPSA) is 58.6 Å². The molecule has 0 unspecified atom stereocenters. The van der Waals surface area contributed by atoms with Gasteiger partial charge in [-0.15, -0.1) is 0 Å². The maximum absolute atomic E-state index is 12.2. The van der Waals surface area contributed by atoms with E-state index in [0.29, 0.717) is 5.56 Å². The lowest BCUT2D eigenvalue weighted by Crippen LogP contribution is -2.28. The van der Waals surface area contributed by atoms with Crippen LogP contribution in [-0.4, -0.2) is 24.7 Å². The number of aliphatic hydroxyl groups excluding tert-OH is 1. The number of methoxy groups -OCH3 is 1. The van der Waals surface area contributed by atoms with Crippen LogP contribution in [0.25, 0.3) is 0 Å². The molecule has 0 aliphatic heterocycles. The number of amides is 1. The highest BCUT2D eigenvalue weighted by atomic mass is 16.5. The molecule has 4 nitrogen and oxygen atoms in total. The van der Waals surface area contributed by atoms with Gasteiger partial charge in [0.25, 0.3) is 5.91 Å². The Balaban J connectivity index is 1.97. The monoisotopic (exact) mass is 299 g/mol. The maximum atomic E-state index is 12.2. The second kappa shape index (κ2) is 7.09. The molecule has 0 fully saturated rings. The first kappa shape index (κ1) is 16.0. The van der Waals surface area contributed by atoms with Gasteiger partial charge < -0.3 is 15.2 Å². The molecule has 4 heteroatoms. The maximum Gasteiger partial charge on any atom is 0.251 e. The molecule has 0 saturated heterocycles. The molecule has 2 aromatic carbocycles. The fraction of sp³-hybridized carbons (Fsp3) is 0.278. The molecule has 0 aromatic heterocycles. The average molecular weight is 299 g/mol. The molecule has 1 atom stereocenters. The lowest BCUT2D eigenvalue weighted by molar-refractivity contribution is 0.0915. The third-order valence-electron chi connectivity index (χ3n) is 3.58. The zero-order valence-corrected chi connectivity index (χ0v) is 13.1. The quantitative estimate of drug-likeness (QED) is 0.892. The first-order valence-corrected chi connectivity index (χ1v) is 7.18. The van der Waals surface area contributed by atoms with Crippen molar-refractivity contribution in [1.29, 1.82) is 0 Å². The van der Waals surface area contributed by atoms with Crippen LogP contribution in [0.1, 0.15) is 33.2 Å². The molecule has 2 rings (SSSR count). The molecule has 0 aliphatic carbocycles. The molecule has 0 bridgehead atoms. The van der Waals surface area contributed by atoms with Crippen LogP contribution in [0.4, 0.5) is 0 Å². The Morgan fingerprint density at radius 2 is 1.86 bits per heavy atom. The zero-order chi connectivity index (χ0) is 16.1. The van der Waals surface area contributed by atoms with Crippen molar-refractivity contribution in [2.24, 2.45) is 0 Å². The summed E-state index contributed by atoms with van der Waals surface area (Å²) in [5, 5.41) is 12.9. The van der Waals surface area contributed by atoms with Crippen molar-refractivity contribution < 1.29 is 14.6 Å². The molecule has 0 aliphatic rings. The molecular weight excluding hydrogens is 278 g/mol. The Bertz CT molecular complexity index is 650. The summed E-state index contributed by atoms with van der Waals surface area (Å²) in [6.45, 7) is 4.06. The first-order valence-electron chi connectivity index (χ1n) is 7.18. The van der Waals surface area contributed by atoms with Crippen LogP contribution in [0.2, 0.25) is 0 Å². The van der Waals surface area contributed by atoms with E-state index in [-0.39, 0.29) is 12.5 Å². The van der Waals surface area contributed by atoms with Crippen molar-refractivity contribution in [2.75, 3.05) is 13.7 Å². The summed E-state index contributed by atoms with van der Waals surface area (Å²) < 4.78 is 5.08. The number of rotatable bonds is 5. The van der Waals surface area contributed by atoms with Crippen LogP contribution >= 0.6 is 0 Å². The smallest absolute Gasteiger partial charge is 0.251 e. The van der Waals surface area contributed by atoms with E-state index in [9.17, 15) is 9.90 Å². The Labute approximate surface area is 130 Å². The molecule has 22 heavy (non-hydrogen) atoms. The Morgan fingerprint density at radius 1 is 1.18 bits per heavy atom.